The van der Waals surface area contributed by atoms with Crippen molar-refractivity contribution < 1.29 is 9.50 Å². The largest absolute Gasteiger partial charge is 0.387 e. The second kappa shape index (κ2) is 5.11. The first-order valence-electron chi connectivity index (χ1n) is 4.63. The average Bonchev–Trinajstić information content (AvgIpc) is 2.23. The number of nitrogens with zero attached hydrogens (tertiary/aromatic N) is 1. The summed E-state index contributed by atoms with van der Waals surface area (Å²) in [5, 5.41) is 18.5. The van der Waals surface area contributed by atoms with Gasteiger partial charge in [0.2, 0.25) is 0 Å². The van der Waals surface area contributed by atoms with Crippen LogP contribution in [-0.4, -0.2) is 5.11 Å². The van der Waals surface area contributed by atoms with Gasteiger partial charge in [0.15, 0.2) is 0 Å². The minimum Gasteiger partial charge on any atom is -0.387 e. The van der Waals surface area contributed by atoms with E-state index in [1.54, 1.807) is 13.0 Å². The zero-order chi connectivity index (χ0) is 11.4. The van der Waals surface area contributed by atoms with E-state index in [1.165, 1.54) is 12.1 Å². The van der Waals surface area contributed by atoms with E-state index in [0.717, 1.165) is 0 Å². The highest BCUT2D eigenvalue weighted by Crippen LogP contribution is 2.29. The number of nitriles is 1. The lowest BCUT2D eigenvalue weighted by Crippen LogP contribution is -2.11. The maximum atomic E-state index is 13.5. The van der Waals surface area contributed by atoms with E-state index in [-0.39, 0.29) is 10.6 Å². The molecule has 0 aliphatic rings. The third-order valence-corrected chi connectivity index (χ3v) is 2.58. The lowest BCUT2D eigenvalue weighted by Gasteiger charge is -2.16. The highest BCUT2D eigenvalue weighted by atomic mass is 35.5. The molecule has 0 spiro atoms. The second-order valence-corrected chi connectivity index (χ2v) is 3.64. The quantitative estimate of drug-likeness (QED) is 0.863. The van der Waals surface area contributed by atoms with E-state index in [4.69, 9.17) is 16.9 Å². The summed E-state index contributed by atoms with van der Waals surface area (Å²) in [5.74, 6) is -1.27. The number of hydrogen-bond donors (Lipinski definition) is 1. The fourth-order valence-corrected chi connectivity index (χ4v) is 1.53. The molecule has 0 radical (unpaired) electrons. The van der Waals surface area contributed by atoms with Gasteiger partial charge < -0.3 is 5.11 Å². The number of halogens is 2. The molecule has 0 heterocycles. The number of rotatable bonds is 3. The smallest absolute Gasteiger partial charge is 0.147 e. The molecule has 0 fully saturated rings. The summed E-state index contributed by atoms with van der Waals surface area (Å²) in [7, 11) is 0. The Kier molecular flexibility index (Phi) is 4.07. The zero-order valence-electron chi connectivity index (χ0n) is 8.24. The Labute approximate surface area is 92.9 Å². The number of aliphatic hydroxyl groups excluding tert-OH is 1. The topological polar surface area (TPSA) is 44.0 Å². The van der Waals surface area contributed by atoms with Crippen LogP contribution in [-0.2, 0) is 0 Å². The van der Waals surface area contributed by atoms with Gasteiger partial charge in [-0.15, -0.1) is 0 Å². The second-order valence-electron chi connectivity index (χ2n) is 3.23. The molecule has 2 unspecified atom stereocenters. The first kappa shape index (κ1) is 12.0. The highest BCUT2D eigenvalue weighted by Gasteiger charge is 2.22. The van der Waals surface area contributed by atoms with Crippen molar-refractivity contribution in [1.82, 2.24) is 0 Å². The molecular weight excluding hydrogens is 217 g/mol. The van der Waals surface area contributed by atoms with Crippen LogP contribution in [0.15, 0.2) is 18.2 Å². The van der Waals surface area contributed by atoms with Crippen molar-refractivity contribution in [1.29, 1.82) is 5.26 Å². The summed E-state index contributed by atoms with van der Waals surface area (Å²) >= 11 is 5.58. The van der Waals surface area contributed by atoms with Crippen LogP contribution in [0.4, 0.5) is 4.39 Å². The Morgan fingerprint density at radius 2 is 2.27 bits per heavy atom. The van der Waals surface area contributed by atoms with Crippen LogP contribution in [0.25, 0.3) is 0 Å². The summed E-state index contributed by atoms with van der Waals surface area (Å²) in [6.45, 7) is 1.76. The van der Waals surface area contributed by atoms with E-state index < -0.39 is 17.8 Å². The van der Waals surface area contributed by atoms with Crippen LogP contribution >= 0.6 is 11.6 Å². The van der Waals surface area contributed by atoms with Gasteiger partial charge >= 0.3 is 0 Å². The lowest BCUT2D eigenvalue weighted by atomic mass is 9.94. The molecule has 1 aromatic carbocycles. The van der Waals surface area contributed by atoms with Crippen LogP contribution in [0, 0.1) is 23.1 Å². The summed E-state index contributed by atoms with van der Waals surface area (Å²) in [5.41, 5.74) is 0.0795. The van der Waals surface area contributed by atoms with E-state index >= 15 is 0 Å². The Morgan fingerprint density at radius 3 is 2.80 bits per heavy atom. The lowest BCUT2D eigenvalue weighted by molar-refractivity contribution is 0.128. The molecule has 4 heteroatoms. The Hall–Kier alpha value is -1.11. The average molecular weight is 228 g/mol. The molecule has 15 heavy (non-hydrogen) atoms. The zero-order valence-corrected chi connectivity index (χ0v) is 9.00. The predicted octanol–water partition coefficient (Wildman–Crippen LogP) is 3.06. The monoisotopic (exact) mass is 227 g/mol. The van der Waals surface area contributed by atoms with Crippen LogP contribution < -0.4 is 0 Å². The minimum absolute atomic E-state index is 0.0423. The number of hydrogen-bond acceptors (Lipinski definition) is 2. The van der Waals surface area contributed by atoms with Crippen LogP contribution in [0.3, 0.4) is 0 Å². The van der Waals surface area contributed by atoms with E-state index in [0.29, 0.717) is 6.42 Å². The van der Waals surface area contributed by atoms with Crippen LogP contribution in [0.5, 0.6) is 0 Å². The summed E-state index contributed by atoms with van der Waals surface area (Å²) < 4.78 is 13.5. The molecule has 0 saturated carbocycles. The Morgan fingerprint density at radius 1 is 1.60 bits per heavy atom. The molecule has 0 aliphatic carbocycles. The van der Waals surface area contributed by atoms with Crippen molar-refractivity contribution >= 4 is 11.6 Å². The fraction of sp³-hybridized carbons (Fsp3) is 0.364. The molecule has 0 aliphatic heterocycles. The van der Waals surface area contributed by atoms with E-state index in [2.05, 4.69) is 0 Å². The third kappa shape index (κ3) is 2.47. The third-order valence-electron chi connectivity index (χ3n) is 2.29. The molecule has 2 atom stereocenters. The molecule has 0 aromatic heterocycles. The van der Waals surface area contributed by atoms with E-state index in [1.807, 2.05) is 6.07 Å². The summed E-state index contributed by atoms with van der Waals surface area (Å²) in [6, 6.07) is 6.33. The number of benzene rings is 1. The molecular formula is C11H11ClFNO. The summed E-state index contributed by atoms with van der Waals surface area (Å²) in [4.78, 5) is 0. The van der Waals surface area contributed by atoms with Crippen LogP contribution in [0.1, 0.15) is 25.0 Å². The molecule has 1 N–H and O–H groups in total. The van der Waals surface area contributed by atoms with Gasteiger partial charge in [-0.25, -0.2) is 4.39 Å². The van der Waals surface area contributed by atoms with Gasteiger partial charge in [0, 0.05) is 5.56 Å². The molecule has 1 rings (SSSR count). The predicted molar refractivity (Wildman–Crippen MR) is 55.8 cm³/mol. The van der Waals surface area contributed by atoms with Crippen molar-refractivity contribution in [3.8, 4) is 6.07 Å². The normalized spacial score (nSPS) is 14.3. The Balaban J connectivity index is 3.06. The van der Waals surface area contributed by atoms with Gasteiger partial charge in [0.25, 0.3) is 0 Å². The van der Waals surface area contributed by atoms with Crippen molar-refractivity contribution in [3.05, 3.63) is 34.6 Å². The van der Waals surface area contributed by atoms with Gasteiger partial charge in [-0.3, -0.25) is 0 Å². The standard InChI is InChI=1S/C11H11ClFNO/c1-2-7(6-14)11(15)8-4-3-5-9(12)10(8)13/h3-5,7,11,15H,2H2,1H3. The molecule has 1 aromatic rings. The number of aliphatic hydroxyl groups is 1. The minimum atomic E-state index is -1.13. The molecule has 0 amide bonds. The van der Waals surface area contributed by atoms with Crippen molar-refractivity contribution in [2.24, 2.45) is 5.92 Å². The first-order valence-corrected chi connectivity index (χ1v) is 5.01. The molecule has 0 bridgehead atoms. The highest BCUT2D eigenvalue weighted by molar-refractivity contribution is 6.30. The van der Waals surface area contributed by atoms with Gasteiger partial charge in [0.1, 0.15) is 5.82 Å². The van der Waals surface area contributed by atoms with Gasteiger partial charge in [0.05, 0.1) is 23.1 Å². The first-order chi connectivity index (χ1) is 7.11. The van der Waals surface area contributed by atoms with Crippen molar-refractivity contribution in [2.75, 3.05) is 0 Å². The van der Waals surface area contributed by atoms with Crippen molar-refractivity contribution in [3.63, 3.8) is 0 Å². The Bertz CT molecular complexity index is 389. The van der Waals surface area contributed by atoms with Crippen molar-refractivity contribution in [2.45, 2.75) is 19.4 Å². The molecule has 80 valence electrons. The van der Waals surface area contributed by atoms with Gasteiger partial charge in [-0.05, 0) is 12.5 Å². The van der Waals surface area contributed by atoms with Crippen LogP contribution in [0.2, 0.25) is 5.02 Å². The maximum absolute atomic E-state index is 13.5. The van der Waals surface area contributed by atoms with E-state index in [9.17, 15) is 9.50 Å². The fourth-order valence-electron chi connectivity index (χ4n) is 1.35. The maximum Gasteiger partial charge on any atom is 0.147 e. The van der Waals surface area contributed by atoms with Gasteiger partial charge in [-0.2, -0.15) is 5.26 Å². The summed E-state index contributed by atoms with van der Waals surface area (Å²) in [6.07, 6.45) is -0.664. The van der Waals surface area contributed by atoms with Gasteiger partial charge in [-0.1, -0.05) is 30.7 Å². The molecule has 0 saturated heterocycles. The molecule has 2 nitrogen and oxygen atoms in total. The SMILES string of the molecule is CCC(C#N)C(O)c1cccc(Cl)c1F.